The Balaban J connectivity index is 1.43. The first kappa shape index (κ1) is 19.6. The number of thiazole rings is 1. The van der Waals surface area contributed by atoms with E-state index in [-0.39, 0.29) is 24.0 Å². The van der Waals surface area contributed by atoms with Crippen molar-refractivity contribution in [3.8, 4) is 17.2 Å². The predicted octanol–water partition coefficient (Wildman–Crippen LogP) is 3.55. The number of hydrogen-bond acceptors (Lipinski definition) is 6. The molecule has 0 unspecified atom stereocenters. The number of benzene rings is 2. The van der Waals surface area contributed by atoms with Crippen LogP contribution < -0.4 is 5.32 Å². The molecule has 7 nitrogen and oxygen atoms in total. The van der Waals surface area contributed by atoms with Crippen LogP contribution in [0.2, 0.25) is 0 Å². The zero-order valence-corrected chi connectivity index (χ0v) is 16.6. The van der Waals surface area contributed by atoms with E-state index >= 15 is 0 Å². The first-order valence-electron chi connectivity index (χ1n) is 9.25. The summed E-state index contributed by atoms with van der Waals surface area (Å²) >= 11 is 1.13. The van der Waals surface area contributed by atoms with Gasteiger partial charge < -0.3 is 15.2 Å². The minimum atomic E-state index is -1.20. The van der Waals surface area contributed by atoms with Gasteiger partial charge in [0.05, 0.1) is 5.69 Å². The van der Waals surface area contributed by atoms with Gasteiger partial charge in [-0.05, 0) is 22.3 Å². The molecule has 2 N–H and O–H groups in total. The van der Waals surface area contributed by atoms with Crippen molar-refractivity contribution in [1.29, 1.82) is 5.26 Å². The average molecular weight is 419 g/mol. The Hall–Kier alpha value is -3.70. The molecule has 1 atom stereocenters. The van der Waals surface area contributed by atoms with Gasteiger partial charge in [-0.25, -0.2) is 14.6 Å². The lowest BCUT2D eigenvalue weighted by molar-refractivity contribution is -0.139. The van der Waals surface area contributed by atoms with Gasteiger partial charge >= 0.3 is 12.1 Å². The Morgan fingerprint density at radius 3 is 2.37 bits per heavy atom. The highest BCUT2D eigenvalue weighted by atomic mass is 32.1. The maximum atomic E-state index is 12.3. The predicted molar refractivity (Wildman–Crippen MR) is 110 cm³/mol. The van der Waals surface area contributed by atoms with E-state index in [1.165, 1.54) is 0 Å². The molecular weight excluding hydrogens is 402 g/mol. The molecule has 0 aliphatic heterocycles. The Kier molecular flexibility index (Phi) is 5.46. The highest BCUT2D eigenvalue weighted by Gasteiger charge is 2.30. The molecule has 0 fully saturated rings. The number of carbonyl (C=O) groups excluding carboxylic acids is 1. The standard InChI is InChI=1S/C22H17N3O4S/c23-10-20-24-13(12-30-20)9-19(21(26)27)25-22(28)29-11-18-16-7-3-1-5-14(16)15-6-2-4-8-17(15)18/h1-8,12,18-19H,9,11H2,(H,25,28)(H,26,27)/t19-/m0/s1. The highest BCUT2D eigenvalue weighted by molar-refractivity contribution is 7.10. The van der Waals surface area contributed by atoms with Crippen LogP contribution in [0.3, 0.4) is 0 Å². The molecule has 2 aromatic carbocycles. The monoisotopic (exact) mass is 419 g/mol. The number of nitriles is 1. The van der Waals surface area contributed by atoms with Crippen molar-refractivity contribution in [3.05, 3.63) is 75.7 Å². The number of carboxylic acids is 1. The molecule has 0 saturated heterocycles. The van der Waals surface area contributed by atoms with Crippen LogP contribution in [0.15, 0.2) is 53.9 Å². The van der Waals surface area contributed by atoms with Gasteiger partial charge in [-0.15, -0.1) is 11.3 Å². The van der Waals surface area contributed by atoms with Crippen LogP contribution in [0.25, 0.3) is 11.1 Å². The molecule has 4 rings (SSSR count). The van der Waals surface area contributed by atoms with Gasteiger partial charge in [0.1, 0.15) is 18.7 Å². The molecule has 8 heteroatoms. The van der Waals surface area contributed by atoms with E-state index in [9.17, 15) is 14.7 Å². The molecule has 0 saturated carbocycles. The fourth-order valence-electron chi connectivity index (χ4n) is 3.64. The van der Waals surface area contributed by atoms with Gasteiger partial charge in [-0.3, -0.25) is 0 Å². The van der Waals surface area contributed by atoms with Crippen LogP contribution >= 0.6 is 11.3 Å². The third kappa shape index (κ3) is 3.88. The van der Waals surface area contributed by atoms with Crippen molar-refractivity contribution in [3.63, 3.8) is 0 Å². The average Bonchev–Trinajstić information content (AvgIpc) is 3.34. The second-order valence-electron chi connectivity index (χ2n) is 6.82. The van der Waals surface area contributed by atoms with Crippen molar-refractivity contribution < 1.29 is 19.4 Å². The number of aliphatic carboxylic acids is 1. The van der Waals surface area contributed by atoms with Crippen LogP contribution in [0.1, 0.15) is 27.7 Å². The fraction of sp³-hybridized carbons (Fsp3) is 0.182. The molecule has 0 bridgehead atoms. The SMILES string of the molecule is N#Cc1nc(C[C@H](NC(=O)OCC2c3ccccc3-c3ccccc32)C(=O)O)cs1. The molecule has 3 aromatic rings. The van der Waals surface area contributed by atoms with Gasteiger partial charge in [0, 0.05) is 17.7 Å². The molecule has 1 aliphatic rings. The fourth-order valence-corrected chi connectivity index (χ4v) is 4.26. The van der Waals surface area contributed by atoms with E-state index in [0.717, 1.165) is 33.6 Å². The second kappa shape index (κ2) is 8.35. The number of carboxylic acid groups (broad SMARTS) is 1. The van der Waals surface area contributed by atoms with Gasteiger partial charge in [-0.1, -0.05) is 48.5 Å². The second-order valence-corrected chi connectivity index (χ2v) is 7.68. The number of nitrogens with one attached hydrogen (secondary N) is 1. The maximum absolute atomic E-state index is 12.3. The van der Waals surface area contributed by atoms with Gasteiger partial charge in [0.15, 0.2) is 5.01 Å². The Morgan fingerprint density at radius 1 is 1.17 bits per heavy atom. The summed E-state index contributed by atoms with van der Waals surface area (Å²) < 4.78 is 5.40. The number of ether oxygens (including phenoxy) is 1. The number of rotatable bonds is 6. The molecule has 1 heterocycles. The molecule has 1 aliphatic carbocycles. The number of alkyl carbamates (subject to hydrolysis) is 1. The number of fused-ring (bicyclic) bond motifs is 3. The topological polar surface area (TPSA) is 112 Å². The van der Waals surface area contributed by atoms with Crippen LogP contribution in [-0.2, 0) is 16.0 Å². The molecule has 0 spiro atoms. The zero-order valence-electron chi connectivity index (χ0n) is 15.7. The van der Waals surface area contributed by atoms with Gasteiger partial charge in [0.2, 0.25) is 0 Å². The Labute approximate surface area is 176 Å². The highest BCUT2D eigenvalue weighted by Crippen LogP contribution is 2.44. The van der Waals surface area contributed by atoms with E-state index in [2.05, 4.69) is 10.3 Å². The lowest BCUT2D eigenvalue weighted by Gasteiger charge is -2.17. The minimum absolute atomic E-state index is 0.0301. The van der Waals surface area contributed by atoms with E-state index in [0.29, 0.717) is 5.69 Å². The number of nitrogens with zero attached hydrogens (tertiary/aromatic N) is 2. The molecule has 30 heavy (non-hydrogen) atoms. The first-order chi connectivity index (χ1) is 14.6. The first-order valence-corrected chi connectivity index (χ1v) is 10.1. The van der Waals surface area contributed by atoms with Crippen molar-refractivity contribution >= 4 is 23.4 Å². The normalized spacial score (nSPS) is 13.0. The summed E-state index contributed by atoms with van der Waals surface area (Å²) in [6.07, 6.45) is -0.836. The summed E-state index contributed by atoms with van der Waals surface area (Å²) in [5, 5.41) is 22.5. The quantitative estimate of drug-likeness (QED) is 0.632. The molecular formula is C22H17N3O4S. The van der Waals surface area contributed by atoms with Gasteiger partial charge in [0.25, 0.3) is 0 Å². The molecule has 1 amide bonds. The van der Waals surface area contributed by atoms with Crippen LogP contribution in [-0.4, -0.2) is 34.8 Å². The van der Waals surface area contributed by atoms with Crippen molar-refractivity contribution in [2.45, 2.75) is 18.4 Å². The molecule has 1 aromatic heterocycles. The van der Waals surface area contributed by atoms with Crippen LogP contribution in [0, 0.1) is 11.3 Å². The summed E-state index contributed by atoms with van der Waals surface area (Å²) in [6.45, 7) is 0.0987. The Morgan fingerprint density at radius 2 is 1.80 bits per heavy atom. The van der Waals surface area contributed by atoms with Crippen LogP contribution in [0.4, 0.5) is 4.79 Å². The van der Waals surface area contributed by atoms with Crippen molar-refractivity contribution in [1.82, 2.24) is 10.3 Å². The van der Waals surface area contributed by atoms with E-state index in [4.69, 9.17) is 10.00 Å². The smallest absolute Gasteiger partial charge is 0.407 e. The van der Waals surface area contributed by atoms with Crippen molar-refractivity contribution in [2.75, 3.05) is 6.61 Å². The molecule has 0 radical (unpaired) electrons. The van der Waals surface area contributed by atoms with E-state index < -0.39 is 18.1 Å². The summed E-state index contributed by atoms with van der Waals surface area (Å²) in [5.41, 5.74) is 4.81. The zero-order chi connectivity index (χ0) is 21.1. The lowest BCUT2D eigenvalue weighted by Crippen LogP contribution is -2.43. The summed E-state index contributed by atoms with van der Waals surface area (Å²) in [7, 11) is 0. The van der Waals surface area contributed by atoms with Gasteiger partial charge in [-0.2, -0.15) is 5.26 Å². The number of amides is 1. The van der Waals surface area contributed by atoms with Crippen molar-refractivity contribution in [2.24, 2.45) is 0 Å². The largest absolute Gasteiger partial charge is 0.480 e. The van der Waals surface area contributed by atoms with E-state index in [1.807, 2.05) is 54.6 Å². The Bertz CT molecular complexity index is 1110. The summed E-state index contributed by atoms with van der Waals surface area (Å²) in [5.74, 6) is -1.31. The maximum Gasteiger partial charge on any atom is 0.407 e. The molecule has 150 valence electrons. The van der Waals surface area contributed by atoms with E-state index in [1.54, 1.807) is 5.38 Å². The number of aromatic nitrogens is 1. The number of carbonyl (C=O) groups is 2. The minimum Gasteiger partial charge on any atom is -0.480 e. The lowest BCUT2D eigenvalue weighted by atomic mass is 9.98. The third-order valence-corrected chi connectivity index (χ3v) is 5.79. The number of hydrogen-bond donors (Lipinski definition) is 2. The van der Waals surface area contributed by atoms with Crippen LogP contribution in [0.5, 0.6) is 0 Å². The summed E-state index contributed by atoms with van der Waals surface area (Å²) in [4.78, 5) is 27.9. The third-order valence-electron chi connectivity index (χ3n) is 4.99. The summed E-state index contributed by atoms with van der Waals surface area (Å²) in [6, 6.07) is 16.6.